The smallest absolute Gasteiger partial charge is 0.160 e. The molecule has 10 rings (SSSR count). The molecule has 0 fully saturated rings. The fraction of sp³-hybridized carbons (Fsp3) is 0. The Bertz CT molecular complexity index is 2860. The van der Waals surface area contributed by atoms with E-state index in [-0.39, 0.29) is 0 Å². The van der Waals surface area contributed by atoms with Crippen molar-refractivity contribution in [2.75, 3.05) is 0 Å². The molecule has 0 amide bonds. The number of aromatic nitrogens is 3. The quantitative estimate of drug-likeness (QED) is 0.185. The van der Waals surface area contributed by atoms with Crippen LogP contribution in [0.4, 0.5) is 0 Å². The number of rotatable bonds is 5. The van der Waals surface area contributed by atoms with E-state index in [0.29, 0.717) is 5.82 Å². The van der Waals surface area contributed by atoms with Gasteiger partial charge in [0, 0.05) is 60.0 Å². The maximum absolute atomic E-state index is 6.74. The molecule has 0 atom stereocenters. The number of thiophene rings is 1. The van der Waals surface area contributed by atoms with Gasteiger partial charge in [0.1, 0.15) is 11.2 Å². The minimum absolute atomic E-state index is 0.666. The van der Waals surface area contributed by atoms with Gasteiger partial charge in [-0.25, -0.2) is 9.97 Å². The Hall–Kier alpha value is -6.43. The lowest BCUT2D eigenvalue weighted by atomic mass is 9.95. The third-order valence-corrected chi connectivity index (χ3v) is 10.6. The number of fused-ring (bicyclic) bond motifs is 6. The van der Waals surface area contributed by atoms with Gasteiger partial charge in [-0.2, -0.15) is 0 Å². The SMILES string of the molecule is c1ccc(-c2nc(-c3ccc(-c4ccncc4)cc3)cc(-c3ccc(-c4ccc5sc6ccccc6c5c4)c4c3oc3ccccc34)n2)cc1. The first-order valence-corrected chi connectivity index (χ1v) is 17.4. The number of hydrogen-bond donors (Lipinski definition) is 0. The van der Waals surface area contributed by atoms with Crippen molar-refractivity contribution in [1.82, 2.24) is 15.0 Å². The van der Waals surface area contributed by atoms with Gasteiger partial charge in [-0.1, -0.05) is 103 Å². The van der Waals surface area contributed by atoms with Crippen LogP contribution < -0.4 is 0 Å². The summed E-state index contributed by atoms with van der Waals surface area (Å²) in [6, 6.07) is 53.0. The van der Waals surface area contributed by atoms with E-state index in [1.165, 1.54) is 20.2 Å². The van der Waals surface area contributed by atoms with E-state index in [1.54, 1.807) is 0 Å². The Morgan fingerprint density at radius 2 is 1.10 bits per heavy atom. The minimum atomic E-state index is 0.666. The third kappa shape index (κ3) is 4.79. The number of benzene rings is 6. The van der Waals surface area contributed by atoms with Crippen molar-refractivity contribution in [1.29, 1.82) is 0 Å². The molecular formula is C45H27N3OS. The minimum Gasteiger partial charge on any atom is -0.455 e. The summed E-state index contributed by atoms with van der Waals surface area (Å²) in [6.45, 7) is 0. The normalized spacial score (nSPS) is 11.6. The van der Waals surface area contributed by atoms with Crippen LogP contribution in [0.1, 0.15) is 0 Å². The molecule has 4 nitrogen and oxygen atoms in total. The van der Waals surface area contributed by atoms with Gasteiger partial charge in [-0.15, -0.1) is 11.3 Å². The van der Waals surface area contributed by atoms with Gasteiger partial charge in [-0.05, 0) is 70.8 Å². The largest absolute Gasteiger partial charge is 0.455 e. The van der Waals surface area contributed by atoms with Crippen molar-refractivity contribution in [3.63, 3.8) is 0 Å². The van der Waals surface area contributed by atoms with Gasteiger partial charge < -0.3 is 4.42 Å². The molecule has 0 aliphatic rings. The van der Waals surface area contributed by atoms with E-state index in [9.17, 15) is 0 Å². The molecule has 0 bridgehead atoms. The standard InChI is InChI=1S/C45H27N3OS/c1-2-8-31(9-3-1)45-47-38(30-16-14-28(15-17-30)29-22-24-46-25-23-29)27-39(48-45)35-20-19-33(43-36-11-4-6-12-40(36)49-44(35)43)32-18-21-42-37(26-32)34-10-5-7-13-41(34)50-42/h1-27H. The van der Waals surface area contributed by atoms with Crippen molar-refractivity contribution < 1.29 is 4.42 Å². The van der Waals surface area contributed by atoms with Gasteiger partial charge in [0.15, 0.2) is 5.82 Å². The molecule has 0 saturated carbocycles. The number of nitrogens with zero attached hydrogens (tertiary/aromatic N) is 3. The van der Waals surface area contributed by atoms with Crippen LogP contribution in [0.2, 0.25) is 0 Å². The second kappa shape index (κ2) is 11.6. The number of pyridine rings is 1. The van der Waals surface area contributed by atoms with E-state index in [1.807, 2.05) is 66.2 Å². The number of furan rings is 1. The predicted octanol–water partition coefficient (Wildman–Crippen LogP) is 12.5. The van der Waals surface area contributed by atoms with Crippen LogP contribution in [-0.4, -0.2) is 15.0 Å². The summed E-state index contributed by atoms with van der Waals surface area (Å²) < 4.78 is 9.32. The van der Waals surface area contributed by atoms with Gasteiger partial charge in [-0.3, -0.25) is 4.98 Å². The van der Waals surface area contributed by atoms with E-state index < -0.39 is 0 Å². The summed E-state index contributed by atoms with van der Waals surface area (Å²) >= 11 is 1.84. The van der Waals surface area contributed by atoms with Crippen LogP contribution >= 0.6 is 11.3 Å². The van der Waals surface area contributed by atoms with Crippen molar-refractivity contribution in [3.05, 3.63) is 164 Å². The molecule has 0 N–H and O–H groups in total. The zero-order valence-electron chi connectivity index (χ0n) is 26.7. The van der Waals surface area contributed by atoms with Crippen molar-refractivity contribution in [3.8, 4) is 56.2 Å². The molecule has 50 heavy (non-hydrogen) atoms. The molecule has 5 heteroatoms. The van der Waals surface area contributed by atoms with E-state index in [4.69, 9.17) is 14.4 Å². The van der Waals surface area contributed by atoms with Crippen LogP contribution in [0.3, 0.4) is 0 Å². The molecule has 10 aromatic rings. The lowest BCUT2D eigenvalue weighted by Crippen LogP contribution is -1.96. The Balaban J connectivity index is 1.18. The Kier molecular flexibility index (Phi) is 6.64. The second-order valence-electron chi connectivity index (χ2n) is 12.4. The highest BCUT2D eigenvalue weighted by Crippen LogP contribution is 2.44. The fourth-order valence-electron chi connectivity index (χ4n) is 6.99. The molecule has 0 saturated heterocycles. The lowest BCUT2D eigenvalue weighted by Gasteiger charge is -2.12. The maximum Gasteiger partial charge on any atom is 0.160 e. The number of para-hydroxylation sites is 1. The third-order valence-electron chi connectivity index (χ3n) is 9.44. The second-order valence-corrected chi connectivity index (χ2v) is 13.5. The Morgan fingerprint density at radius 1 is 0.440 bits per heavy atom. The topological polar surface area (TPSA) is 51.8 Å². The molecule has 4 heterocycles. The molecule has 0 aliphatic heterocycles. The van der Waals surface area contributed by atoms with Gasteiger partial charge in [0.2, 0.25) is 0 Å². The van der Waals surface area contributed by atoms with Crippen LogP contribution in [0.5, 0.6) is 0 Å². The molecule has 0 spiro atoms. The summed E-state index contributed by atoms with van der Waals surface area (Å²) in [7, 11) is 0. The predicted molar refractivity (Wildman–Crippen MR) is 207 cm³/mol. The highest BCUT2D eigenvalue weighted by Gasteiger charge is 2.20. The van der Waals surface area contributed by atoms with Crippen LogP contribution in [0, 0.1) is 0 Å². The Morgan fingerprint density at radius 3 is 1.96 bits per heavy atom. The molecule has 0 radical (unpaired) electrons. The summed E-state index contributed by atoms with van der Waals surface area (Å²) in [4.78, 5) is 14.4. The van der Waals surface area contributed by atoms with Crippen LogP contribution in [0.15, 0.2) is 168 Å². The zero-order valence-corrected chi connectivity index (χ0v) is 27.6. The first-order valence-electron chi connectivity index (χ1n) is 16.6. The first kappa shape index (κ1) is 28.6. The lowest BCUT2D eigenvalue weighted by molar-refractivity contribution is 0.670. The monoisotopic (exact) mass is 657 g/mol. The molecular weight excluding hydrogens is 631 g/mol. The summed E-state index contributed by atoms with van der Waals surface area (Å²) in [5.74, 6) is 0.666. The van der Waals surface area contributed by atoms with E-state index in [2.05, 4.69) is 114 Å². The molecule has 0 unspecified atom stereocenters. The van der Waals surface area contributed by atoms with E-state index >= 15 is 0 Å². The van der Waals surface area contributed by atoms with E-state index in [0.717, 1.165) is 72.3 Å². The highest BCUT2D eigenvalue weighted by atomic mass is 32.1. The molecule has 0 aliphatic carbocycles. The average Bonchev–Trinajstić information content (AvgIpc) is 3.77. The summed E-state index contributed by atoms with van der Waals surface area (Å²) in [5.41, 5.74) is 10.8. The highest BCUT2D eigenvalue weighted by molar-refractivity contribution is 7.25. The van der Waals surface area contributed by atoms with Crippen molar-refractivity contribution in [2.45, 2.75) is 0 Å². The molecule has 234 valence electrons. The van der Waals surface area contributed by atoms with Gasteiger partial charge >= 0.3 is 0 Å². The molecule has 4 aromatic heterocycles. The van der Waals surface area contributed by atoms with Crippen molar-refractivity contribution >= 4 is 53.4 Å². The van der Waals surface area contributed by atoms with Gasteiger partial charge in [0.05, 0.1) is 11.4 Å². The summed E-state index contributed by atoms with van der Waals surface area (Å²) in [5, 5.41) is 4.73. The average molecular weight is 658 g/mol. The fourth-order valence-corrected chi connectivity index (χ4v) is 8.08. The van der Waals surface area contributed by atoms with Crippen LogP contribution in [-0.2, 0) is 0 Å². The molecule has 6 aromatic carbocycles. The summed E-state index contributed by atoms with van der Waals surface area (Å²) in [6.07, 6.45) is 3.64. The van der Waals surface area contributed by atoms with Crippen LogP contribution in [0.25, 0.3) is 98.3 Å². The zero-order chi connectivity index (χ0) is 33.0. The number of hydrogen-bond acceptors (Lipinski definition) is 5. The first-order chi connectivity index (χ1) is 24.8. The van der Waals surface area contributed by atoms with Crippen molar-refractivity contribution in [2.24, 2.45) is 0 Å². The maximum atomic E-state index is 6.74. The Labute approximate surface area is 292 Å². The van der Waals surface area contributed by atoms with Gasteiger partial charge in [0.25, 0.3) is 0 Å².